The quantitative estimate of drug-likeness (QED) is 0.800. The summed E-state index contributed by atoms with van der Waals surface area (Å²) < 4.78 is 2.88. The highest BCUT2D eigenvalue weighted by molar-refractivity contribution is 9.10. The molecule has 2 aromatic rings. The number of thioether (sulfide) groups is 1. The van der Waals surface area contributed by atoms with Gasteiger partial charge in [-0.15, -0.1) is 10.2 Å². The summed E-state index contributed by atoms with van der Waals surface area (Å²) in [5, 5.41) is 11.8. The largest absolute Gasteiger partial charge is 0.324 e. The summed E-state index contributed by atoms with van der Waals surface area (Å²) >= 11 is 4.88. The van der Waals surface area contributed by atoms with E-state index in [1.165, 1.54) is 17.3 Å². The SMILES string of the molecule is CCn1c(C)nnc1SCC(=O)Nc1cc(C)c(C)cc1Br. The lowest BCUT2D eigenvalue weighted by atomic mass is 10.1. The van der Waals surface area contributed by atoms with Crippen molar-refractivity contribution in [3.8, 4) is 0 Å². The Labute approximate surface area is 143 Å². The van der Waals surface area contributed by atoms with Gasteiger partial charge in [-0.25, -0.2) is 0 Å². The molecule has 0 spiro atoms. The third kappa shape index (κ3) is 3.89. The summed E-state index contributed by atoms with van der Waals surface area (Å²) in [5.41, 5.74) is 3.13. The van der Waals surface area contributed by atoms with Crippen molar-refractivity contribution in [2.75, 3.05) is 11.1 Å². The van der Waals surface area contributed by atoms with Crippen molar-refractivity contribution in [3.63, 3.8) is 0 Å². The van der Waals surface area contributed by atoms with Crippen LogP contribution in [-0.2, 0) is 11.3 Å². The van der Waals surface area contributed by atoms with Gasteiger partial charge >= 0.3 is 0 Å². The average Bonchev–Trinajstić information content (AvgIpc) is 2.82. The van der Waals surface area contributed by atoms with Crippen molar-refractivity contribution in [2.45, 2.75) is 39.4 Å². The summed E-state index contributed by atoms with van der Waals surface area (Å²) in [5.74, 6) is 1.11. The summed E-state index contributed by atoms with van der Waals surface area (Å²) in [6.07, 6.45) is 0. The van der Waals surface area contributed by atoms with Crippen molar-refractivity contribution < 1.29 is 4.79 Å². The maximum atomic E-state index is 12.1. The zero-order valence-electron chi connectivity index (χ0n) is 13.1. The summed E-state index contributed by atoms with van der Waals surface area (Å²) in [7, 11) is 0. The second-order valence-electron chi connectivity index (χ2n) is 5.03. The highest BCUT2D eigenvalue weighted by Gasteiger charge is 2.12. The minimum absolute atomic E-state index is 0.0581. The maximum Gasteiger partial charge on any atom is 0.234 e. The van der Waals surface area contributed by atoms with Crippen LogP contribution in [-0.4, -0.2) is 26.4 Å². The fourth-order valence-electron chi connectivity index (χ4n) is 2.03. The van der Waals surface area contributed by atoms with E-state index in [9.17, 15) is 4.79 Å². The molecule has 1 N–H and O–H groups in total. The molecule has 0 atom stereocenters. The molecule has 0 saturated heterocycles. The summed E-state index contributed by atoms with van der Waals surface area (Å²) in [4.78, 5) is 12.1. The molecule has 0 radical (unpaired) electrons. The lowest BCUT2D eigenvalue weighted by Gasteiger charge is -2.10. The van der Waals surface area contributed by atoms with Crippen molar-refractivity contribution >= 4 is 39.3 Å². The lowest BCUT2D eigenvalue weighted by Crippen LogP contribution is -2.15. The predicted molar refractivity (Wildman–Crippen MR) is 93.4 cm³/mol. The molecule has 2 rings (SSSR count). The molecule has 0 saturated carbocycles. The van der Waals surface area contributed by atoms with Gasteiger partial charge in [0.2, 0.25) is 5.91 Å². The zero-order chi connectivity index (χ0) is 16.3. The molecule has 5 nitrogen and oxygen atoms in total. The van der Waals surface area contributed by atoms with Gasteiger partial charge in [0.05, 0.1) is 11.4 Å². The van der Waals surface area contributed by atoms with E-state index in [0.717, 1.165) is 33.2 Å². The molecule has 118 valence electrons. The number of nitrogens with zero attached hydrogens (tertiary/aromatic N) is 3. The number of aryl methyl sites for hydroxylation is 3. The monoisotopic (exact) mass is 382 g/mol. The molecule has 0 unspecified atom stereocenters. The van der Waals surface area contributed by atoms with Gasteiger partial charge in [0.25, 0.3) is 0 Å². The van der Waals surface area contributed by atoms with Crippen LogP contribution in [0.4, 0.5) is 5.69 Å². The molecule has 0 aliphatic rings. The van der Waals surface area contributed by atoms with E-state index in [-0.39, 0.29) is 5.91 Å². The molecule has 1 aromatic carbocycles. The Morgan fingerprint density at radius 3 is 2.64 bits per heavy atom. The van der Waals surface area contributed by atoms with Crippen molar-refractivity contribution in [2.24, 2.45) is 0 Å². The first-order chi connectivity index (χ1) is 10.4. The number of hydrogen-bond donors (Lipinski definition) is 1. The molecular weight excluding hydrogens is 364 g/mol. The lowest BCUT2D eigenvalue weighted by molar-refractivity contribution is -0.113. The van der Waals surface area contributed by atoms with Crippen molar-refractivity contribution in [3.05, 3.63) is 33.6 Å². The van der Waals surface area contributed by atoms with Gasteiger partial charge in [0.1, 0.15) is 5.82 Å². The van der Waals surface area contributed by atoms with E-state index in [1.54, 1.807) is 0 Å². The Bertz CT molecular complexity index is 699. The number of carbonyl (C=O) groups excluding carboxylic acids is 1. The standard InChI is InChI=1S/C15H19BrN4OS/c1-5-20-11(4)18-19-15(20)22-8-14(21)17-13-7-10(3)9(2)6-12(13)16/h6-7H,5,8H2,1-4H3,(H,17,21). The molecular formula is C15H19BrN4OS. The van der Waals surface area contributed by atoms with E-state index in [0.29, 0.717) is 5.75 Å². The van der Waals surface area contributed by atoms with Crippen LogP contribution >= 0.6 is 27.7 Å². The Hall–Kier alpha value is -1.34. The smallest absolute Gasteiger partial charge is 0.234 e. The molecule has 0 fully saturated rings. The van der Waals surface area contributed by atoms with Crippen molar-refractivity contribution in [1.82, 2.24) is 14.8 Å². The van der Waals surface area contributed by atoms with Crippen LogP contribution < -0.4 is 5.32 Å². The van der Waals surface area contributed by atoms with Crippen molar-refractivity contribution in [1.29, 1.82) is 0 Å². The zero-order valence-corrected chi connectivity index (χ0v) is 15.5. The highest BCUT2D eigenvalue weighted by Crippen LogP contribution is 2.26. The summed E-state index contributed by atoms with van der Waals surface area (Å²) in [6.45, 7) is 8.81. The van der Waals surface area contributed by atoms with E-state index in [4.69, 9.17) is 0 Å². The molecule has 1 heterocycles. The Morgan fingerprint density at radius 2 is 1.95 bits per heavy atom. The molecule has 1 aromatic heterocycles. The van der Waals surface area contributed by atoms with Crippen LogP contribution in [0.2, 0.25) is 0 Å². The number of benzene rings is 1. The summed E-state index contributed by atoms with van der Waals surface area (Å²) in [6, 6.07) is 3.98. The number of aromatic nitrogens is 3. The van der Waals surface area contributed by atoms with E-state index < -0.39 is 0 Å². The number of halogens is 1. The van der Waals surface area contributed by atoms with Gasteiger partial charge in [-0.2, -0.15) is 0 Å². The Kier molecular flexibility index (Phi) is 5.63. The third-order valence-corrected chi connectivity index (χ3v) is 5.03. The molecule has 0 aliphatic carbocycles. The second-order valence-corrected chi connectivity index (χ2v) is 6.82. The molecule has 22 heavy (non-hydrogen) atoms. The number of rotatable bonds is 5. The average molecular weight is 383 g/mol. The normalized spacial score (nSPS) is 10.8. The van der Waals surface area contributed by atoms with Crippen LogP contribution in [0.1, 0.15) is 23.9 Å². The van der Waals surface area contributed by atoms with Gasteiger partial charge in [-0.3, -0.25) is 4.79 Å². The van der Waals surface area contributed by atoms with Gasteiger partial charge in [-0.05, 0) is 66.9 Å². The minimum Gasteiger partial charge on any atom is -0.324 e. The number of nitrogens with one attached hydrogen (secondary N) is 1. The fourth-order valence-corrected chi connectivity index (χ4v) is 3.43. The molecule has 1 amide bonds. The first-order valence-corrected chi connectivity index (χ1v) is 8.79. The molecule has 7 heteroatoms. The second kappa shape index (κ2) is 7.28. The first kappa shape index (κ1) is 17.0. The number of amides is 1. The van der Waals surface area contributed by atoms with Crippen LogP contribution in [0.25, 0.3) is 0 Å². The number of anilines is 1. The predicted octanol–water partition coefficient (Wildman–Crippen LogP) is 3.72. The number of hydrogen-bond acceptors (Lipinski definition) is 4. The molecule has 0 bridgehead atoms. The van der Waals surface area contributed by atoms with E-state index in [2.05, 4.69) is 31.4 Å². The number of carbonyl (C=O) groups is 1. The van der Waals surface area contributed by atoms with Gasteiger partial charge < -0.3 is 9.88 Å². The maximum absolute atomic E-state index is 12.1. The van der Waals surface area contributed by atoms with Gasteiger partial charge in [0.15, 0.2) is 5.16 Å². The van der Waals surface area contributed by atoms with Gasteiger partial charge in [-0.1, -0.05) is 11.8 Å². The minimum atomic E-state index is -0.0581. The van der Waals surface area contributed by atoms with Crippen LogP contribution in [0.15, 0.2) is 21.8 Å². The topological polar surface area (TPSA) is 59.8 Å². The van der Waals surface area contributed by atoms with Gasteiger partial charge in [0, 0.05) is 11.0 Å². The van der Waals surface area contributed by atoms with E-state index >= 15 is 0 Å². The van der Waals surface area contributed by atoms with E-state index in [1.807, 2.05) is 44.4 Å². The third-order valence-electron chi connectivity index (χ3n) is 3.41. The van der Waals surface area contributed by atoms with Crippen LogP contribution in [0.5, 0.6) is 0 Å². The van der Waals surface area contributed by atoms with Crippen LogP contribution in [0, 0.1) is 20.8 Å². The first-order valence-electron chi connectivity index (χ1n) is 7.01. The van der Waals surface area contributed by atoms with Crippen LogP contribution in [0.3, 0.4) is 0 Å². The Morgan fingerprint density at radius 1 is 1.27 bits per heavy atom. The Balaban J connectivity index is 2.00. The fraction of sp³-hybridized carbons (Fsp3) is 0.400. The highest BCUT2D eigenvalue weighted by atomic mass is 79.9. The molecule has 0 aliphatic heterocycles.